The van der Waals surface area contributed by atoms with Crippen LogP contribution < -0.4 is 0 Å². The second kappa shape index (κ2) is 3.10. The molecule has 0 aromatic carbocycles. The molecule has 0 amide bonds. The van der Waals surface area contributed by atoms with Gasteiger partial charge < -0.3 is 0 Å². The van der Waals surface area contributed by atoms with Crippen molar-refractivity contribution in [2.45, 2.75) is 13.5 Å². The van der Waals surface area contributed by atoms with Gasteiger partial charge in [0.15, 0.2) is 0 Å². The quantitative estimate of drug-likeness (QED) is 0.518. The Labute approximate surface area is 74.1 Å². The van der Waals surface area contributed by atoms with Crippen molar-refractivity contribution in [2.24, 2.45) is 7.05 Å². The van der Waals surface area contributed by atoms with Gasteiger partial charge in [-0.1, -0.05) is 11.6 Å². The number of aromatic nitrogens is 2. The Hall–Kier alpha value is -1.10. The Kier molecular flexibility index (Phi) is 2.32. The molecule has 0 atom stereocenters. The number of nitro groups is 1. The minimum Gasteiger partial charge on any atom is -0.264 e. The van der Waals surface area contributed by atoms with Crippen LogP contribution in [0.4, 0.5) is 0 Å². The molecule has 1 aromatic heterocycles. The molecule has 0 bridgehead atoms. The van der Waals surface area contributed by atoms with Crippen LogP contribution in [0.25, 0.3) is 0 Å². The highest BCUT2D eigenvalue weighted by molar-refractivity contribution is 6.30. The molecular formula is C6H8ClN3O2. The number of nitrogens with zero attached hydrogens (tertiary/aromatic N) is 3. The Morgan fingerprint density at radius 2 is 2.33 bits per heavy atom. The summed E-state index contributed by atoms with van der Waals surface area (Å²) in [4.78, 5) is 9.77. The highest BCUT2D eigenvalue weighted by Gasteiger charge is 2.15. The zero-order valence-corrected chi connectivity index (χ0v) is 7.50. The molecule has 1 aromatic rings. The standard InChI is InChI=1S/C6H8ClN3O2/c1-4-5(3-10(11)12)6(7)9(2)8-4/h3H2,1-2H3. The summed E-state index contributed by atoms with van der Waals surface area (Å²) < 4.78 is 1.43. The van der Waals surface area contributed by atoms with Gasteiger partial charge in [0.05, 0.1) is 11.3 Å². The molecule has 0 N–H and O–H groups in total. The van der Waals surface area contributed by atoms with Gasteiger partial charge in [-0.25, -0.2) is 0 Å². The lowest BCUT2D eigenvalue weighted by atomic mass is 10.3. The summed E-state index contributed by atoms with van der Waals surface area (Å²) in [6.45, 7) is 1.43. The number of hydrogen-bond acceptors (Lipinski definition) is 3. The lowest BCUT2D eigenvalue weighted by Crippen LogP contribution is -1.99. The number of rotatable bonds is 2. The zero-order valence-electron chi connectivity index (χ0n) is 6.74. The summed E-state index contributed by atoms with van der Waals surface area (Å²) in [6, 6.07) is 0. The normalized spacial score (nSPS) is 10.2. The average Bonchev–Trinajstić information content (AvgIpc) is 2.16. The summed E-state index contributed by atoms with van der Waals surface area (Å²) in [5.74, 6) is 0. The van der Waals surface area contributed by atoms with Gasteiger partial charge in [-0.2, -0.15) is 5.10 Å². The van der Waals surface area contributed by atoms with E-state index in [1.807, 2.05) is 0 Å². The van der Waals surface area contributed by atoms with E-state index < -0.39 is 4.92 Å². The van der Waals surface area contributed by atoms with E-state index in [1.54, 1.807) is 14.0 Å². The first-order valence-electron chi connectivity index (χ1n) is 3.32. The lowest BCUT2D eigenvalue weighted by molar-refractivity contribution is -0.496. The maximum Gasteiger partial charge on any atom is 0.233 e. The molecule has 0 aliphatic carbocycles. The Bertz CT molecular complexity index is 321. The number of aryl methyl sites for hydroxylation is 2. The molecule has 0 radical (unpaired) electrons. The molecule has 5 nitrogen and oxygen atoms in total. The summed E-state index contributed by atoms with van der Waals surface area (Å²) in [6.07, 6.45) is 0. The Morgan fingerprint density at radius 3 is 2.67 bits per heavy atom. The van der Waals surface area contributed by atoms with Crippen molar-refractivity contribution in [3.63, 3.8) is 0 Å². The maximum absolute atomic E-state index is 10.2. The van der Waals surface area contributed by atoms with E-state index in [0.717, 1.165) is 0 Å². The van der Waals surface area contributed by atoms with E-state index in [4.69, 9.17) is 11.6 Å². The molecule has 0 saturated carbocycles. The second-order valence-electron chi connectivity index (χ2n) is 2.47. The van der Waals surface area contributed by atoms with Gasteiger partial charge >= 0.3 is 0 Å². The van der Waals surface area contributed by atoms with Crippen molar-refractivity contribution in [2.75, 3.05) is 0 Å². The summed E-state index contributed by atoms with van der Waals surface area (Å²) in [7, 11) is 1.65. The molecule has 0 aliphatic rings. The zero-order chi connectivity index (χ0) is 9.30. The Morgan fingerprint density at radius 1 is 1.75 bits per heavy atom. The van der Waals surface area contributed by atoms with Crippen LogP contribution in [0.1, 0.15) is 11.3 Å². The highest BCUT2D eigenvalue weighted by Crippen LogP contribution is 2.18. The summed E-state index contributed by atoms with van der Waals surface area (Å²) >= 11 is 5.75. The fourth-order valence-electron chi connectivity index (χ4n) is 0.983. The van der Waals surface area contributed by atoms with Gasteiger partial charge in [-0.3, -0.25) is 14.8 Å². The van der Waals surface area contributed by atoms with Crippen LogP contribution >= 0.6 is 11.6 Å². The minimum absolute atomic E-state index is 0.265. The van der Waals surface area contributed by atoms with Crippen LogP contribution in [-0.2, 0) is 13.6 Å². The third-order valence-corrected chi connectivity index (χ3v) is 2.03. The average molecular weight is 190 g/mol. The fourth-order valence-corrected chi connectivity index (χ4v) is 1.22. The first kappa shape index (κ1) is 8.99. The van der Waals surface area contributed by atoms with Crippen LogP contribution in [0.5, 0.6) is 0 Å². The SMILES string of the molecule is Cc1nn(C)c(Cl)c1C[N+](=O)[O-]. The molecule has 1 heterocycles. The van der Waals surface area contributed by atoms with Crippen LogP contribution in [0.15, 0.2) is 0 Å². The van der Waals surface area contributed by atoms with Crippen molar-refractivity contribution in [1.82, 2.24) is 9.78 Å². The predicted molar refractivity (Wildman–Crippen MR) is 43.7 cm³/mol. The molecular weight excluding hydrogens is 182 g/mol. The van der Waals surface area contributed by atoms with Crippen molar-refractivity contribution in [3.8, 4) is 0 Å². The van der Waals surface area contributed by atoms with Crippen LogP contribution in [0.2, 0.25) is 5.15 Å². The van der Waals surface area contributed by atoms with Crippen LogP contribution in [-0.4, -0.2) is 14.7 Å². The summed E-state index contributed by atoms with van der Waals surface area (Å²) in [5, 5.41) is 14.5. The van der Waals surface area contributed by atoms with Gasteiger partial charge in [0.2, 0.25) is 6.54 Å². The van der Waals surface area contributed by atoms with Crippen molar-refractivity contribution in [1.29, 1.82) is 0 Å². The molecule has 66 valence electrons. The third kappa shape index (κ3) is 1.55. The van der Waals surface area contributed by atoms with Gasteiger partial charge in [0, 0.05) is 12.0 Å². The smallest absolute Gasteiger partial charge is 0.233 e. The van der Waals surface area contributed by atoms with Gasteiger partial charge in [0.1, 0.15) is 5.15 Å². The van der Waals surface area contributed by atoms with Crippen LogP contribution in [0, 0.1) is 17.0 Å². The van der Waals surface area contributed by atoms with E-state index >= 15 is 0 Å². The van der Waals surface area contributed by atoms with Crippen LogP contribution in [0.3, 0.4) is 0 Å². The molecule has 0 spiro atoms. The molecule has 0 aliphatic heterocycles. The third-order valence-electron chi connectivity index (χ3n) is 1.56. The van der Waals surface area contributed by atoms with E-state index in [0.29, 0.717) is 16.4 Å². The van der Waals surface area contributed by atoms with Gasteiger partial charge in [-0.05, 0) is 6.92 Å². The van der Waals surface area contributed by atoms with Gasteiger partial charge in [0.25, 0.3) is 0 Å². The maximum atomic E-state index is 10.2. The fraction of sp³-hybridized carbons (Fsp3) is 0.500. The molecule has 0 unspecified atom stereocenters. The highest BCUT2D eigenvalue weighted by atomic mass is 35.5. The predicted octanol–water partition coefficient (Wildman–Crippen LogP) is 1.16. The monoisotopic (exact) mass is 189 g/mol. The number of halogens is 1. The summed E-state index contributed by atoms with van der Waals surface area (Å²) in [5.41, 5.74) is 1.10. The van der Waals surface area contributed by atoms with E-state index in [1.165, 1.54) is 4.68 Å². The molecule has 6 heteroatoms. The molecule has 0 fully saturated rings. The van der Waals surface area contributed by atoms with E-state index in [-0.39, 0.29) is 6.54 Å². The Balaban J connectivity index is 3.05. The van der Waals surface area contributed by atoms with Crippen molar-refractivity contribution in [3.05, 3.63) is 26.5 Å². The first-order valence-corrected chi connectivity index (χ1v) is 3.70. The van der Waals surface area contributed by atoms with E-state index in [9.17, 15) is 10.1 Å². The first-order chi connectivity index (χ1) is 5.52. The number of hydrogen-bond donors (Lipinski definition) is 0. The van der Waals surface area contributed by atoms with E-state index in [2.05, 4.69) is 5.10 Å². The minimum atomic E-state index is -0.421. The largest absolute Gasteiger partial charge is 0.264 e. The molecule has 1 rings (SSSR count). The topological polar surface area (TPSA) is 61.0 Å². The molecule has 12 heavy (non-hydrogen) atoms. The second-order valence-corrected chi connectivity index (χ2v) is 2.83. The lowest BCUT2D eigenvalue weighted by Gasteiger charge is -1.92. The van der Waals surface area contributed by atoms with Crippen molar-refractivity contribution >= 4 is 11.6 Å². The van der Waals surface area contributed by atoms with Crippen molar-refractivity contribution < 1.29 is 4.92 Å². The molecule has 0 saturated heterocycles. The van der Waals surface area contributed by atoms with Gasteiger partial charge in [-0.15, -0.1) is 0 Å².